The Bertz CT molecular complexity index is 592. The van der Waals surface area contributed by atoms with Gasteiger partial charge in [0.1, 0.15) is 17.5 Å². The average Bonchev–Trinajstić information content (AvgIpc) is 2.99. The van der Waals surface area contributed by atoms with Crippen LogP contribution in [0, 0.1) is 0 Å². The molecule has 1 amide bonds. The molecule has 4 N–H and O–H groups in total. The highest BCUT2D eigenvalue weighted by atomic mass is 32.2. The lowest BCUT2D eigenvalue weighted by Gasteiger charge is -2.23. The number of hydrogen-bond donors (Lipinski definition) is 4. The van der Waals surface area contributed by atoms with Gasteiger partial charge in [-0.05, 0) is 17.7 Å². The number of phenolic OH excluding ortho intramolecular Hbond substituents is 1. The van der Waals surface area contributed by atoms with Gasteiger partial charge < -0.3 is 15.5 Å². The van der Waals surface area contributed by atoms with E-state index < -0.39 is 11.9 Å². The van der Waals surface area contributed by atoms with Crippen LogP contribution >= 0.6 is 11.9 Å². The Morgan fingerprint density at radius 1 is 1.32 bits per heavy atom. The number of hydrazine groups is 1. The number of aliphatic hydroxyl groups is 1. The molecular formula is C12H11N3O3S. The van der Waals surface area contributed by atoms with Gasteiger partial charge in [0.05, 0.1) is 0 Å². The molecule has 1 aromatic rings. The number of amides is 1. The van der Waals surface area contributed by atoms with Gasteiger partial charge in [-0.25, -0.2) is 4.41 Å². The van der Waals surface area contributed by atoms with Crippen LogP contribution in [0.1, 0.15) is 11.6 Å². The molecule has 1 aromatic carbocycles. The normalized spacial score (nSPS) is 21.8. The highest BCUT2D eigenvalue weighted by Gasteiger charge is 2.37. The van der Waals surface area contributed by atoms with E-state index in [9.17, 15) is 15.0 Å². The van der Waals surface area contributed by atoms with Crippen LogP contribution in [0.25, 0.3) is 0 Å². The number of aliphatic hydroxyl groups excluding tert-OH is 1. The predicted octanol–water partition coefficient (Wildman–Crippen LogP) is 1.27. The first-order chi connectivity index (χ1) is 9.16. The molecule has 0 spiro atoms. The second-order valence-corrected chi connectivity index (χ2v) is 4.92. The van der Waals surface area contributed by atoms with Gasteiger partial charge in [-0.2, -0.15) is 0 Å². The molecule has 0 saturated heterocycles. The number of nitrogens with zero attached hydrogens (tertiary/aromatic N) is 1. The molecule has 0 radical (unpaired) electrons. The van der Waals surface area contributed by atoms with E-state index in [1.165, 1.54) is 11.9 Å². The zero-order valence-corrected chi connectivity index (χ0v) is 10.5. The molecular weight excluding hydrogens is 266 g/mol. The standard InChI is InChI=1S/C12H11N3O3S/c16-8-3-1-2-7(6-8)9-10(11(17)12(18)14-9)15-13-4-5-19-15/h1-6,9,13,16-17H,(H,14,18). The summed E-state index contributed by atoms with van der Waals surface area (Å²) in [5, 5.41) is 23.9. The molecule has 2 aliphatic rings. The van der Waals surface area contributed by atoms with Crippen LogP contribution in [-0.2, 0) is 4.79 Å². The van der Waals surface area contributed by atoms with Crippen molar-refractivity contribution >= 4 is 17.9 Å². The topological polar surface area (TPSA) is 84.8 Å². The summed E-state index contributed by atoms with van der Waals surface area (Å²) in [7, 11) is 0. The van der Waals surface area contributed by atoms with Crippen LogP contribution in [0.4, 0.5) is 0 Å². The van der Waals surface area contributed by atoms with Crippen LogP contribution in [0.3, 0.4) is 0 Å². The maximum Gasteiger partial charge on any atom is 0.289 e. The summed E-state index contributed by atoms with van der Waals surface area (Å²) in [4.78, 5) is 11.6. The Morgan fingerprint density at radius 3 is 2.84 bits per heavy atom. The van der Waals surface area contributed by atoms with Crippen molar-refractivity contribution in [3.8, 4) is 5.75 Å². The molecule has 2 heterocycles. The van der Waals surface area contributed by atoms with Gasteiger partial charge in [0.15, 0.2) is 0 Å². The number of carbonyl (C=O) groups is 1. The average molecular weight is 277 g/mol. The van der Waals surface area contributed by atoms with E-state index in [1.807, 2.05) is 0 Å². The maximum atomic E-state index is 11.6. The summed E-state index contributed by atoms with van der Waals surface area (Å²) in [5.74, 6) is -0.743. The smallest absolute Gasteiger partial charge is 0.289 e. The molecule has 19 heavy (non-hydrogen) atoms. The predicted molar refractivity (Wildman–Crippen MR) is 70.4 cm³/mol. The summed E-state index contributed by atoms with van der Waals surface area (Å²) < 4.78 is 1.60. The van der Waals surface area contributed by atoms with Crippen molar-refractivity contribution in [2.45, 2.75) is 6.04 Å². The van der Waals surface area contributed by atoms with Gasteiger partial charge in [0.25, 0.3) is 5.91 Å². The zero-order valence-electron chi connectivity index (χ0n) is 9.70. The third kappa shape index (κ3) is 1.97. The van der Waals surface area contributed by atoms with Gasteiger partial charge in [0.2, 0.25) is 5.76 Å². The van der Waals surface area contributed by atoms with Gasteiger partial charge in [-0.15, -0.1) is 0 Å². The molecule has 6 nitrogen and oxygen atoms in total. The fourth-order valence-electron chi connectivity index (χ4n) is 2.03. The van der Waals surface area contributed by atoms with Crippen molar-refractivity contribution in [2.24, 2.45) is 0 Å². The SMILES string of the molecule is O=C1NC(c2cccc(O)c2)C(N2NC=CS2)=C1O. The summed E-state index contributed by atoms with van der Waals surface area (Å²) >= 11 is 1.32. The second-order valence-electron chi connectivity index (χ2n) is 4.07. The van der Waals surface area contributed by atoms with E-state index in [0.29, 0.717) is 11.3 Å². The third-order valence-corrected chi connectivity index (χ3v) is 3.63. The van der Waals surface area contributed by atoms with Crippen molar-refractivity contribution in [3.05, 3.63) is 52.9 Å². The first-order valence-electron chi connectivity index (χ1n) is 5.58. The van der Waals surface area contributed by atoms with Crippen LogP contribution in [0.15, 0.2) is 47.3 Å². The van der Waals surface area contributed by atoms with E-state index in [4.69, 9.17) is 0 Å². The lowest BCUT2D eigenvalue weighted by Crippen LogP contribution is -2.29. The molecule has 0 fully saturated rings. The molecule has 0 aliphatic carbocycles. The molecule has 2 aliphatic heterocycles. The lowest BCUT2D eigenvalue weighted by molar-refractivity contribution is -0.119. The largest absolute Gasteiger partial charge is 0.508 e. The van der Waals surface area contributed by atoms with E-state index in [-0.39, 0.29) is 11.5 Å². The van der Waals surface area contributed by atoms with Crippen molar-refractivity contribution in [1.29, 1.82) is 0 Å². The van der Waals surface area contributed by atoms with Crippen molar-refractivity contribution in [1.82, 2.24) is 15.2 Å². The Balaban J connectivity index is 1.99. The highest BCUT2D eigenvalue weighted by Crippen LogP contribution is 2.36. The van der Waals surface area contributed by atoms with Crippen LogP contribution in [0.2, 0.25) is 0 Å². The lowest BCUT2D eigenvalue weighted by atomic mass is 10.1. The number of benzene rings is 1. The molecule has 1 unspecified atom stereocenters. The van der Waals surface area contributed by atoms with E-state index in [1.54, 1.807) is 40.3 Å². The molecule has 0 bridgehead atoms. The molecule has 3 rings (SSSR count). The number of phenols is 1. The summed E-state index contributed by atoms with van der Waals surface area (Å²) in [6.45, 7) is 0. The number of carbonyl (C=O) groups excluding carboxylic acids is 1. The Kier molecular flexibility index (Phi) is 2.75. The maximum absolute atomic E-state index is 11.6. The number of rotatable bonds is 2. The minimum atomic E-state index is -0.530. The Labute approximate surface area is 113 Å². The van der Waals surface area contributed by atoms with Crippen LogP contribution in [-0.4, -0.2) is 20.5 Å². The summed E-state index contributed by atoms with van der Waals surface area (Å²) in [6, 6.07) is 6.06. The van der Waals surface area contributed by atoms with E-state index in [0.717, 1.165) is 0 Å². The summed E-state index contributed by atoms with van der Waals surface area (Å²) in [6.07, 6.45) is 1.70. The van der Waals surface area contributed by atoms with Gasteiger partial charge in [-0.3, -0.25) is 10.2 Å². The minimum Gasteiger partial charge on any atom is -0.508 e. The van der Waals surface area contributed by atoms with Crippen LogP contribution < -0.4 is 10.7 Å². The third-order valence-electron chi connectivity index (χ3n) is 2.86. The first-order valence-corrected chi connectivity index (χ1v) is 6.41. The Morgan fingerprint density at radius 2 is 2.16 bits per heavy atom. The van der Waals surface area contributed by atoms with Crippen molar-refractivity contribution in [2.75, 3.05) is 0 Å². The Hall–Kier alpha value is -2.28. The van der Waals surface area contributed by atoms with Crippen molar-refractivity contribution < 1.29 is 15.0 Å². The van der Waals surface area contributed by atoms with Gasteiger partial charge in [-0.1, -0.05) is 12.1 Å². The quantitative estimate of drug-likeness (QED) is 0.609. The monoisotopic (exact) mass is 277 g/mol. The van der Waals surface area contributed by atoms with Crippen molar-refractivity contribution in [3.63, 3.8) is 0 Å². The number of aromatic hydroxyl groups is 1. The van der Waals surface area contributed by atoms with E-state index >= 15 is 0 Å². The fourth-order valence-corrected chi connectivity index (χ4v) is 2.70. The molecule has 1 atom stereocenters. The van der Waals surface area contributed by atoms with Gasteiger partial charge in [0, 0.05) is 23.6 Å². The molecule has 98 valence electrons. The molecule has 0 aromatic heterocycles. The highest BCUT2D eigenvalue weighted by molar-refractivity contribution is 8.00. The minimum absolute atomic E-state index is 0.109. The molecule has 0 saturated carbocycles. The first kappa shape index (κ1) is 11.8. The number of nitrogens with one attached hydrogen (secondary N) is 2. The number of hydrogen-bond acceptors (Lipinski definition) is 6. The van der Waals surface area contributed by atoms with Gasteiger partial charge >= 0.3 is 0 Å². The zero-order chi connectivity index (χ0) is 13.4. The van der Waals surface area contributed by atoms with Crippen LogP contribution in [0.5, 0.6) is 5.75 Å². The van der Waals surface area contributed by atoms with E-state index in [2.05, 4.69) is 10.7 Å². The second kappa shape index (κ2) is 4.43. The fraction of sp³-hybridized carbons (Fsp3) is 0.0833. The molecule has 7 heteroatoms. The summed E-state index contributed by atoms with van der Waals surface area (Å²) in [5.41, 5.74) is 4.02.